The topological polar surface area (TPSA) is 39.2 Å². The molecular weight excluding hydrogens is 298 g/mol. The van der Waals surface area contributed by atoms with E-state index in [4.69, 9.17) is 4.74 Å². The molecule has 2 bridgehead atoms. The van der Waals surface area contributed by atoms with Crippen molar-refractivity contribution in [2.45, 2.75) is 45.4 Å². The molecule has 0 radical (unpaired) electrons. The molecule has 1 atom stereocenters. The molecule has 3 rings (SSSR count). The van der Waals surface area contributed by atoms with Gasteiger partial charge in [-0.05, 0) is 55.9 Å². The zero-order chi connectivity index (χ0) is 16.8. The Morgan fingerprint density at radius 1 is 1.21 bits per heavy atom. The molecule has 1 aliphatic carbocycles. The highest BCUT2D eigenvalue weighted by Gasteiger charge is 2.22. The van der Waals surface area contributed by atoms with E-state index in [1.54, 1.807) is 0 Å². The van der Waals surface area contributed by atoms with Gasteiger partial charge in [-0.1, -0.05) is 37.1 Å². The Morgan fingerprint density at radius 2 is 2.12 bits per heavy atom. The monoisotopic (exact) mass is 323 g/mol. The first-order valence-corrected chi connectivity index (χ1v) is 8.97. The normalized spacial score (nSPS) is 18.0. The Kier molecular flexibility index (Phi) is 5.63. The number of carbonyl (C=O) groups excluding carboxylic acids is 1. The predicted octanol–water partition coefficient (Wildman–Crippen LogP) is 4.59. The largest absolute Gasteiger partial charge is 0.466 e. The maximum absolute atomic E-state index is 12.4. The molecule has 3 nitrogen and oxygen atoms in total. The van der Waals surface area contributed by atoms with Crippen LogP contribution in [0.25, 0.3) is 11.3 Å². The number of hydrogen-bond donors (Lipinski definition) is 0. The molecule has 0 N–H and O–H groups in total. The van der Waals surface area contributed by atoms with Crippen molar-refractivity contribution in [2.24, 2.45) is 5.92 Å². The van der Waals surface area contributed by atoms with Crippen LogP contribution in [0.15, 0.2) is 42.6 Å². The lowest BCUT2D eigenvalue weighted by Gasteiger charge is -2.18. The van der Waals surface area contributed by atoms with Crippen molar-refractivity contribution in [3.05, 3.63) is 53.7 Å². The van der Waals surface area contributed by atoms with Gasteiger partial charge in [-0.25, -0.2) is 0 Å². The van der Waals surface area contributed by atoms with Gasteiger partial charge in [0.15, 0.2) is 0 Å². The van der Waals surface area contributed by atoms with Crippen LogP contribution in [0.2, 0.25) is 0 Å². The second-order valence-electron chi connectivity index (χ2n) is 6.46. The van der Waals surface area contributed by atoms with Crippen LogP contribution in [0.1, 0.15) is 43.7 Å². The van der Waals surface area contributed by atoms with Crippen LogP contribution in [-0.4, -0.2) is 17.6 Å². The quantitative estimate of drug-likeness (QED) is 0.759. The van der Waals surface area contributed by atoms with Gasteiger partial charge < -0.3 is 4.74 Å². The number of esters is 1. The molecule has 0 aliphatic heterocycles. The van der Waals surface area contributed by atoms with E-state index in [0.717, 1.165) is 48.9 Å². The minimum Gasteiger partial charge on any atom is -0.466 e. The first kappa shape index (κ1) is 16.7. The second kappa shape index (κ2) is 8.09. The van der Waals surface area contributed by atoms with Crippen LogP contribution in [0.3, 0.4) is 0 Å². The molecule has 1 heterocycles. The Bertz CT molecular complexity index is 696. The van der Waals surface area contributed by atoms with E-state index < -0.39 is 0 Å². The summed E-state index contributed by atoms with van der Waals surface area (Å²) >= 11 is 0. The molecule has 24 heavy (non-hydrogen) atoms. The highest BCUT2D eigenvalue weighted by Crippen LogP contribution is 2.28. The van der Waals surface area contributed by atoms with Gasteiger partial charge >= 0.3 is 5.97 Å². The molecule has 126 valence electrons. The second-order valence-corrected chi connectivity index (χ2v) is 6.46. The first-order chi connectivity index (χ1) is 11.8. The third-order valence-corrected chi connectivity index (χ3v) is 4.70. The summed E-state index contributed by atoms with van der Waals surface area (Å²) in [5, 5.41) is 0. The fourth-order valence-corrected chi connectivity index (χ4v) is 3.46. The van der Waals surface area contributed by atoms with Gasteiger partial charge in [0.05, 0.1) is 18.2 Å². The zero-order valence-corrected chi connectivity index (χ0v) is 14.3. The van der Waals surface area contributed by atoms with Crippen LogP contribution >= 0.6 is 0 Å². The van der Waals surface area contributed by atoms with Crippen molar-refractivity contribution < 1.29 is 9.53 Å². The smallest absolute Gasteiger partial charge is 0.309 e. The van der Waals surface area contributed by atoms with E-state index in [1.165, 1.54) is 5.56 Å². The summed E-state index contributed by atoms with van der Waals surface area (Å²) in [6, 6.07) is 12.7. The molecule has 0 saturated carbocycles. The number of rotatable bonds is 2. The van der Waals surface area contributed by atoms with Crippen molar-refractivity contribution in [2.75, 3.05) is 6.61 Å². The molecule has 1 aromatic heterocycles. The lowest BCUT2D eigenvalue weighted by atomic mass is 9.90. The van der Waals surface area contributed by atoms with E-state index in [9.17, 15) is 4.79 Å². The molecular formula is C21H25NO2. The fourth-order valence-electron chi connectivity index (χ4n) is 3.46. The Morgan fingerprint density at radius 3 is 3.00 bits per heavy atom. The van der Waals surface area contributed by atoms with Crippen LogP contribution < -0.4 is 0 Å². The zero-order valence-electron chi connectivity index (χ0n) is 14.3. The average Bonchev–Trinajstić information content (AvgIpc) is 2.60. The molecule has 0 spiro atoms. The summed E-state index contributed by atoms with van der Waals surface area (Å²) in [6.07, 6.45) is 7.89. The van der Waals surface area contributed by atoms with E-state index >= 15 is 0 Å². The van der Waals surface area contributed by atoms with E-state index in [2.05, 4.69) is 35.3 Å². The minimum atomic E-state index is -0.0736. The van der Waals surface area contributed by atoms with E-state index in [0.29, 0.717) is 13.0 Å². The third-order valence-electron chi connectivity index (χ3n) is 4.70. The SMILES string of the molecule is CCOC(=O)C1CCCCCc2cccc(c2)-c2ncccc2C1. The highest BCUT2D eigenvalue weighted by atomic mass is 16.5. The van der Waals surface area contributed by atoms with Crippen LogP contribution in [0, 0.1) is 5.92 Å². The minimum absolute atomic E-state index is 0.0712. The van der Waals surface area contributed by atoms with Gasteiger partial charge in [0.25, 0.3) is 0 Å². The van der Waals surface area contributed by atoms with Crippen molar-refractivity contribution >= 4 is 5.97 Å². The van der Waals surface area contributed by atoms with Crippen molar-refractivity contribution in [1.82, 2.24) is 4.98 Å². The number of benzene rings is 1. The third kappa shape index (κ3) is 4.02. The van der Waals surface area contributed by atoms with Crippen LogP contribution in [0.5, 0.6) is 0 Å². The van der Waals surface area contributed by atoms with Gasteiger partial charge in [0, 0.05) is 11.8 Å². The van der Waals surface area contributed by atoms with Gasteiger partial charge in [0.1, 0.15) is 0 Å². The maximum atomic E-state index is 12.4. The summed E-state index contributed by atoms with van der Waals surface area (Å²) < 4.78 is 5.31. The summed E-state index contributed by atoms with van der Waals surface area (Å²) in [4.78, 5) is 17.0. The molecule has 1 aliphatic rings. The average molecular weight is 323 g/mol. The number of fused-ring (bicyclic) bond motifs is 4. The number of hydrogen-bond acceptors (Lipinski definition) is 3. The molecule has 0 fully saturated rings. The summed E-state index contributed by atoms with van der Waals surface area (Å²) in [7, 11) is 0. The summed E-state index contributed by atoms with van der Waals surface area (Å²) in [6.45, 7) is 2.31. The van der Waals surface area contributed by atoms with Crippen molar-refractivity contribution in [3.63, 3.8) is 0 Å². The number of nitrogens with zero attached hydrogens (tertiary/aromatic N) is 1. The molecule has 0 amide bonds. The van der Waals surface area contributed by atoms with E-state index in [1.807, 2.05) is 19.2 Å². The number of aryl methyl sites for hydroxylation is 1. The number of pyridine rings is 1. The van der Waals surface area contributed by atoms with Crippen LogP contribution in [0.4, 0.5) is 0 Å². The lowest BCUT2D eigenvalue weighted by Crippen LogP contribution is -2.21. The van der Waals surface area contributed by atoms with Gasteiger partial charge in [0.2, 0.25) is 0 Å². The lowest BCUT2D eigenvalue weighted by molar-refractivity contribution is -0.148. The Hall–Kier alpha value is -2.16. The Labute approximate surface area is 144 Å². The standard InChI is InChI=1S/C21H25NO2/c1-2-24-21(23)19-10-5-3-4-8-16-9-6-11-17(14-16)20-18(15-19)12-7-13-22-20/h6-7,9,11-14,19H,2-5,8,10,15H2,1H3. The van der Waals surface area contributed by atoms with Crippen molar-refractivity contribution in [1.29, 1.82) is 0 Å². The molecule has 2 aromatic rings. The maximum Gasteiger partial charge on any atom is 0.309 e. The van der Waals surface area contributed by atoms with Gasteiger partial charge in [-0.15, -0.1) is 0 Å². The molecule has 0 saturated heterocycles. The summed E-state index contributed by atoms with van der Waals surface area (Å²) in [5.74, 6) is -0.145. The fraction of sp³-hybridized carbons (Fsp3) is 0.429. The molecule has 1 aromatic carbocycles. The van der Waals surface area contributed by atoms with Gasteiger partial charge in [-0.2, -0.15) is 0 Å². The molecule has 3 heteroatoms. The first-order valence-electron chi connectivity index (χ1n) is 8.97. The van der Waals surface area contributed by atoms with Crippen molar-refractivity contribution in [3.8, 4) is 11.3 Å². The molecule has 1 unspecified atom stereocenters. The van der Waals surface area contributed by atoms with Gasteiger partial charge in [-0.3, -0.25) is 9.78 Å². The highest BCUT2D eigenvalue weighted by molar-refractivity contribution is 5.73. The van der Waals surface area contributed by atoms with E-state index in [-0.39, 0.29) is 11.9 Å². The summed E-state index contributed by atoms with van der Waals surface area (Å²) in [5.41, 5.74) is 4.64. The predicted molar refractivity (Wildman–Crippen MR) is 95.7 cm³/mol. The number of ether oxygens (including phenoxy) is 1. The number of carbonyl (C=O) groups is 1. The van der Waals surface area contributed by atoms with Crippen LogP contribution in [-0.2, 0) is 22.4 Å². The number of aromatic nitrogens is 1. The Balaban J connectivity index is 1.98.